The molecule has 22 heavy (non-hydrogen) atoms. The second-order valence-electron chi connectivity index (χ2n) is 5.74. The molecule has 1 fully saturated rings. The van der Waals surface area contributed by atoms with E-state index < -0.39 is 0 Å². The van der Waals surface area contributed by atoms with E-state index in [0.717, 1.165) is 43.2 Å². The SMILES string of the molecule is CCNC(=O)[C@@H]1CCCN(Cc2csc([C@@H](C)OCC)n2)C1. The van der Waals surface area contributed by atoms with E-state index in [2.05, 4.69) is 20.6 Å². The molecule has 0 aromatic carbocycles. The summed E-state index contributed by atoms with van der Waals surface area (Å²) in [7, 11) is 0. The number of likely N-dealkylation sites (tertiary alicyclic amines) is 1. The Morgan fingerprint density at radius 1 is 1.59 bits per heavy atom. The predicted octanol–water partition coefficient (Wildman–Crippen LogP) is 2.59. The quantitative estimate of drug-likeness (QED) is 0.837. The van der Waals surface area contributed by atoms with Gasteiger partial charge in [0.2, 0.25) is 5.91 Å². The lowest BCUT2D eigenvalue weighted by atomic mass is 9.97. The first-order chi connectivity index (χ1) is 10.6. The second kappa shape index (κ2) is 8.60. The number of nitrogens with zero attached hydrogens (tertiary/aromatic N) is 2. The topological polar surface area (TPSA) is 54.5 Å². The van der Waals surface area contributed by atoms with E-state index in [0.29, 0.717) is 13.2 Å². The molecule has 0 unspecified atom stereocenters. The number of ether oxygens (including phenoxy) is 1. The number of hydrogen-bond acceptors (Lipinski definition) is 5. The van der Waals surface area contributed by atoms with E-state index in [-0.39, 0.29) is 17.9 Å². The molecular formula is C16H27N3O2S. The molecule has 0 bridgehead atoms. The highest BCUT2D eigenvalue weighted by atomic mass is 32.1. The van der Waals surface area contributed by atoms with E-state index in [1.165, 1.54) is 0 Å². The monoisotopic (exact) mass is 325 g/mol. The summed E-state index contributed by atoms with van der Waals surface area (Å²) < 4.78 is 5.59. The van der Waals surface area contributed by atoms with Crippen LogP contribution in [0.25, 0.3) is 0 Å². The van der Waals surface area contributed by atoms with Crippen LogP contribution in [0.3, 0.4) is 0 Å². The molecule has 6 heteroatoms. The molecule has 2 rings (SSSR count). The molecule has 1 N–H and O–H groups in total. The number of hydrogen-bond donors (Lipinski definition) is 1. The molecule has 1 saturated heterocycles. The summed E-state index contributed by atoms with van der Waals surface area (Å²) in [5, 5.41) is 6.08. The van der Waals surface area contributed by atoms with Crippen LogP contribution < -0.4 is 5.32 Å². The van der Waals surface area contributed by atoms with Crippen LogP contribution in [0.1, 0.15) is 50.4 Å². The van der Waals surface area contributed by atoms with E-state index >= 15 is 0 Å². The Kier molecular flexibility index (Phi) is 6.79. The maximum Gasteiger partial charge on any atom is 0.224 e. The lowest BCUT2D eigenvalue weighted by Crippen LogP contribution is -2.42. The standard InChI is InChI=1S/C16H27N3O2S/c1-4-17-15(20)13-7-6-8-19(9-13)10-14-11-22-16(18-14)12(3)21-5-2/h11-13H,4-10H2,1-3H3,(H,17,20)/t12-,13-/m1/s1. The molecule has 1 aliphatic heterocycles. The Labute approximate surface area is 137 Å². The normalized spacial score (nSPS) is 20.8. The summed E-state index contributed by atoms with van der Waals surface area (Å²) in [6, 6.07) is 0. The molecule has 0 aliphatic carbocycles. The number of piperidine rings is 1. The molecule has 5 nitrogen and oxygen atoms in total. The lowest BCUT2D eigenvalue weighted by Gasteiger charge is -2.31. The molecule has 0 spiro atoms. The average molecular weight is 325 g/mol. The van der Waals surface area contributed by atoms with Crippen LogP contribution in [0, 0.1) is 5.92 Å². The first-order valence-corrected chi connectivity index (χ1v) is 9.08. The van der Waals surface area contributed by atoms with Gasteiger partial charge in [-0.15, -0.1) is 11.3 Å². The van der Waals surface area contributed by atoms with Gasteiger partial charge in [0.05, 0.1) is 11.6 Å². The minimum Gasteiger partial charge on any atom is -0.372 e. The third-order valence-electron chi connectivity index (χ3n) is 3.95. The molecule has 1 amide bonds. The fourth-order valence-electron chi connectivity index (χ4n) is 2.86. The van der Waals surface area contributed by atoms with Gasteiger partial charge in [-0.3, -0.25) is 9.69 Å². The zero-order valence-electron chi connectivity index (χ0n) is 13.8. The summed E-state index contributed by atoms with van der Waals surface area (Å²) in [6.45, 7) is 10.1. The van der Waals surface area contributed by atoms with Crippen LogP contribution in [0.2, 0.25) is 0 Å². The van der Waals surface area contributed by atoms with Gasteiger partial charge in [0.25, 0.3) is 0 Å². The highest BCUT2D eigenvalue weighted by Crippen LogP contribution is 2.23. The molecule has 1 aromatic heterocycles. The predicted molar refractivity (Wildman–Crippen MR) is 88.8 cm³/mol. The molecule has 0 saturated carbocycles. The first-order valence-electron chi connectivity index (χ1n) is 8.20. The van der Waals surface area contributed by atoms with E-state index in [4.69, 9.17) is 4.74 Å². The Morgan fingerprint density at radius 3 is 3.14 bits per heavy atom. The maximum absolute atomic E-state index is 12.0. The summed E-state index contributed by atoms with van der Waals surface area (Å²) in [4.78, 5) is 19.0. The zero-order valence-corrected chi connectivity index (χ0v) is 14.6. The van der Waals surface area contributed by atoms with Crippen molar-refractivity contribution >= 4 is 17.2 Å². The van der Waals surface area contributed by atoms with Crippen molar-refractivity contribution in [2.75, 3.05) is 26.2 Å². The number of carbonyl (C=O) groups excluding carboxylic acids is 1. The fraction of sp³-hybridized carbons (Fsp3) is 0.750. The highest BCUT2D eigenvalue weighted by Gasteiger charge is 2.25. The molecule has 1 aromatic rings. The Hall–Kier alpha value is -0.980. The van der Waals surface area contributed by atoms with Crippen LogP contribution in [0.5, 0.6) is 0 Å². The van der Waals surface area contributed by atoms with E-state index in [9.17, 15) is 4.79 Å². The Bertz CT molecular complexity index is 478. The molecule has 2 atom stereocenters. The number of carbonyl (C=O) groups is 1. The summed E-state index contributed by atoms with van der Waals surface area (Å²) >= 11 is 1.66. The van der Waals surface area contributed by atoms with Crippen molar-refractivity contribution in [2.45, 2.75) is 46.3 Å². The summed E-state index contributed by atoms with van der Waals surface area (Å²) in [5.74, 6) is 0.310. The van der Waals surface area contributed by atoms with Crippen LogP contribution in [-0.4, -0.2) is 42.0 Å². The van der Waals surface area contributed by atoms with Gasteiger partial charge in [-0.05, 0) is 40.2 Å². The van der Waals surface area contributed by atoms with Crippen molar-refractivity contribution in [3.63, 3.8) is 0 Å². The zero-order chi connectivity index (χ0) is 15.9. The summed E-state index contributed by atoms with van der Waals surface area (Å²) in [6.07, 6.45) is 2.13. The number of nitrogens with one attached hydrogen (secondary N) is 1. The minimum absolute atomic E-state index is 0.0631. The van der Waals surface area contributed by atoms with Crippen molar-refractivity contribution in [2.24, 2.45) is 5.92 Å². The van der Waals surface area contributed by atoms with Gasteiger partial charge in [0, 0.05) is 31.6 Å². The van der Waals surface area contributed by atoms with Crippen molar-refractivity contribution in [3.8, 4) is 0 Å². The maximum atomic E-state index is 12.0. The van der Waals surface area contributed by atoms with Crippen LogP contribution in [-0.2, 0) is 16.1 Å². The minimum atomic E-state index is 0.0631. The average Bonchev–Trinajstić information content (AvgIpc) is 2.97. The number of rotatable bonds is 7. The first kappa shape index (κ1) is 17.4. The molecule has 1 aliphatic rings. The van der Waals surface area contributed by atoms with Crippen molar-refractivity contribution in [1.82, 2.24) is 15.2 Å². The van der Waals surface area contributed by atoms with Crippen molar-refractivity contribution < 1.29 is 9.53 Å². The number of amides is 1. The van der Waals surface area contributed by atoms with E-state index in [1.807, 2.05) is 20.8 Å². The molecule has 0 radical (unpaired) electrons. The lowest BCUT2D eigenvalue weighted by molar-refractivity contribution is -0.126. The van der Waals surface area contributed by atoms with Crippen LogP contribution >= 0.6 is 11.3 Å². The highest BCUT2D eigenvalue weighted by molar-refractivity contribution is 7.09. The number of thiazole rings is 1. The Morgan fingerprint density at radius 2 is 2.41 bits per heavy atom. The third kappa shape index (κ3) is 4.76. The molecule has 124 valence electrons. The van der Waals surface area contributed by atoms with Gasteiger partial charge in [0.15, 0.2) is 0 Å². The fourth-order valence-corrected chi connectivity index (χ4v) is 3.68. The van der Waals surface area contributed by atoms with Gasteiger partial charge in [-0.25, -0.2) is 4.98 Å². The van der Waals surface area contributed by atoms with Gasteiger partial charge in [-0.2, -0.15) is 0 Å². The Balaban J connectivity index is 1.89. The molecular weight excluding hydrogens is 298 g/mol. The van der Waals surface area contributed by atoms with Gasteiger partial charge >= 0.3 is 0 Å². The second-order valence-corrected chi connectivity index (χ2v) is 6.63. The van der Waals surface area contributed by atoms with Crippen LogP contribution in [0.4, 0.5) is 0 Å². The smallest absolute Gasteiger partial charge is 0.224 e. The van der Waals surface area contributed by atoms with E-state index in [1.54, 1.807) is 11.3 Å². The van der Waals surface area contributed by atoms with Crippen molar-refractivity contribution in [1.29, 1.82) is 0 Å². The van der Waals surface area contributed by atoms with Crippen molar-refractivity contribution in [3.05, 3.63) is 16.1 Å². The van der Waals surface area contributed by atoms with Gasteiger partial charge in [-0.1, -0.05) is 0 Å². The third-order valence-corrected chi connectivity index (χ3v) is 5.00. The van der Waals surface area contributed by atoms with Gasteiger partial charge < -0.3 is 10.1 Å². The van der Waals surface area contributed by atoms with Crippen LogP contribution in [0.15, 0.2) is 5.38 Å². The molecule has 2 heterocycles. The van der Waals surface area contributed by atoms with Gasteiger partial charge in [0.1, 0.15) is 11.1 Å². The number of aromatic nitrogens is 1. The largest absolute Gasteiger partial charge is 0.372 e. The summed E-state index contributed by atoms with van der Waals surface area (Å²) in [5.41, 5.74) is 1.09.